The van der Waals surface area contributed by atoms with Gasteiger partial charge in [0.25, 0.3) is 5.88 Å². The SMILES string of the molecule is CC(C)c1c(OCCN)noc1-c1cccnc1. The third-order valence-corrected chi connectivity index (χ3v) is 2.55. The van der Waals surface area contributed by atoms with Crippen LogP contribution in [0, 0.1) is 0 Å². The molecule has 18 heavy (non-hydrogen) atoms. The third kappa shape index (κ3) is 2.51. The molecule has 5 heteroatoms. The van der Waals surface area contributed by atoms with E-state index in [0.717, 1.165) is 11.1 Å². The van der Waals surface area contributed by atoms with Crippen LogP contribution in [0.4, 0.5) is 0 Å². The Labute approximate surface area is 106 Å². The van der Waals surface area contributed by atoms with E-state index >= 15 is 0 Å². The van der Waals surface area contributed by atoms with Crippen molar-refractivity contribution in [3.63, 3.8) is 0 Å². The van der Waals surface area contributed by atoms with E-state index in [1.54, 1.807) is 12.4 Å². The second kappa shape index (κ2) is 5.64. The lowest BCUT2D eigenvalue weighted by molar-refractivity contribution is 0.286. The van der Waals surface area contributed by atoms with E-state index in [9.17, 15) is 0 Å². The minimum absolute atomic E-state index is 0.249. The minimum Gasteiger partial charge on any atom is -0.474 e. The Morgan fingerprint density at radius 3 is 2.89 bits per heavy atom. The highest BCUT2D eigenvalue weighted by molar-refractivity contribution is 5.63. The minimum atomic E-state index is 0.249. The standard InChI is InChI=1S/C13H17N3O2/c1-9(2)11-12(10-4-3-6-15-8-10)18-16-13(11)17-7-5-14/h3-4,6,8-9H,5,7,14H2,1-2H3. The zero-order valence-electron chi connectivity index (χ0n) is 10.6. The number of hydrogen-bond acceptors (Lipinski definition) is 5. The van der Waals surface area contributed by atoms with Gasteiger partial charge in [0.05, 0.1) is 5.56 Å². The van der Waals surface area contributed by atoms with E-state index in [1.807, 2.05) is 12.1 Å². The van der Waals surface area contributed by atoms with Crippen LogP contribution in [0.15, 0.2) is 29.0 Å². The van der Waals surface area contributed by atoms with Gasteiger partial charge >= 0.3 is 0 Å². The van der Waals surface area contributed by atoms with Crippen LogP contribution < -0.4 is 10.5 Å². The number of rotatable bonds is 5. The van der Waals surface area contributed by atoms with E-state index in [1.165, 1.54) is 0 Å². The highest BCUT2D eigenvalue weighted by Crippen LogP contribution is 2.35. The van der Waals surface area contributed by atoms with E-state index in [4.69, 9.17) is 15.0 Å². The molecule has 2 N–H and O–H groups in total. The normalized spacial score (nSPS) is 10.9. The van der Waals surface area contributed by atoms with Gasteiger partial charge in [0.15, 0.2) is 5.76 Å². The van der Waals surface area contributed by atoms with Crippen molar-refractivity contribution in [2.24, 2.45) is 5.73 Å². The molecule has 96 valence electrons. The second-order valence-corrected chi connectivity index (χ2v) is 4.26. The van der Waals surface area contributed by atoms with Crippen molar-refractivity contribution in [1.29, 1.82) is 0 Å². The number of pyridine rings is 1. The molecule has 0 saturated heterocycles. The lowest BCUT2D eigenvalue weighted by Crippen LogP contribution is -2.11. The Bertz CT molecular complexity index is 494. The largest absolute Gasteiger partial charge is 0.474 e. The Hall–Kier alpha value is -1.88. The van der Waals surface area contributed by atoms with Crippen LogP contribution >= 0.6 is 0 Å². The summed E-state index contributed by atoms with van der Waals surface area (Å²) in [5.41, 5.74) is 7.28. The lowest BCUT2D eigenvalue weighted by atomic mass is 10.0. The summed E-state index contributed by atoms with van der Waals surface area (Å²) in [4.78, 5) is 4.08. The van der Waals surface area contributed by atoms with Crippen molar-refractivity contribution in [1.82, 2.24) is 10.1 Å². The van der Waals surface area contributed by atoms with Gasteiger partial charge in [-0.15, -0.1) is 0 Å². The molecule has 0 fully saturated rings. The molecule has 0 aliphatic carbocycles. The molecule has 2 heterocycles. The quantitative estimate of drug-likeness (QED) is 0.876. The first-order chi connectivity index (χ1) is 8.74. The first kappa shape index (κ1) is 12.6. The number of nitrogens with zero attached hydrogens (tertiary/aromatic N) is 2. The Morgan fingerprint density at radius 1 is 1.44 bits per heavy atom. The summed E-state index contributed by atoms with van der Waals surface area (Å²) in [6.07, 6.45) is 3.47. The van der Waals surface area contributed by atoms with Gasteiger partial charge in [-0.2, -0.15) is 0 Å². The smallest absolute Gasteiger partial charge is 0.258 e. The molecular weight excluding hydrogens is 230 g/mol. The fourth-order valence-electron chi connectivity index (χ4n) is 1.76. The van der Waals surface area contributed by atoms with Crippen LogP contribution in [0.1, 0.15) is 25.3 Å². The van der Waals surface area contributed by atoms with E-state index in [-0.39, 0.29) is 5.92 Å². The van der Waals surface area contributed by atoms with Crippen LogP contribution in [-0.4, -0.2) is 23.3 Å². The van der Waals surface area contributed by atoms with Gasteiger partial charge in [-0.1, -0.05) is 13.8 Å². The summed E-state index contributed by atoms with van der Waals surface area (Å²) in [7, 11) is 0. The van der Waals surface area contributed by atoms with Gasteiger partial charge in [-0.25, -0.2) is 0 Å². The van der Waals surface area contributed by atoms with Gasteiger partial charge in [0.1, 0.15) is 6.61 Å². The Morgan fingerprint density at radius 2 is 2.28 bits per heavy atom. The van der Waals surface area contributed by atoms with Gasteiger partial charge in [-0.3, -0.25) is 4.98 Å². The molecule has 2 aromatic rings. The first-order valence-corrected chi connectivity index (χ1v) is 5.97. The van der Waals surface area contributed by atoms with E-state index in [2.05, 4.69) is 24.0 Å². The first-order valence-electron chi connectivity index (χ1n) is 5.97. The topological polar surface area (TPSA) is 74.2 Å². The summed E-state index contributed by atoms with van der Waals surface area (Å²) < 4.78 is 10.9. The predicted octanol–water partition coefficient (Wildman–Crippen LogP) is 2.20. The molecule has 0 unspecified atom stereocenters. The van der Waals surface area contributed by atoms with Crippen molar-refractivity contribution < 1.29 is 9.26 Å². The summed E-state index contributed by atoms with van der Waals surface area (Å²) in [5, 5.41) is 3.97. The summed E-state index contributed by atoms with van der Waals surface area (Å²) in [6.45, 7) is 5.02. The molecule has 5 nitrogen and oxygen atoms in total. The van der Waals surface area contributed by atoms with Gasteiger partial charge < -0.3 is 15.0 Å². The van der Waals surface area contributed by atoms with Gasteiger partial charge in [0.2, 0.25) is 0 Å². The lowest BCUT2D eigenvalue weighted by Gasteiger charge is -2.07. The molecule has 0 atom stereocenters. The van der Waals surface area contributed by atoms with Crippen molar-refractivity contribution in [3.8, 4) is 17.2 Å². The van der Waals surface area contributed by atoms with Crippen molar-refractivity contribution in [2.45, 2.75) is 19.8 Å². The second-order valence-electron chi connectivity index (χ2n) is 4.26. The van der Waals surface area contributed by atoms with Gasteiger partial charge in [0, 0.05) is 24.5 Å². The average molecular weight is 247 g/mol. The molecule has 0 aromatic carbocycles. The number of hydrogen-bond donors (Lipinski definition) is 1. The fraction of sp³-hybridized carbons (Fsp3) is 0.385. The highest BCUT2D eigenvalue weighted by atomic mass is 16.5. The molecule has 0 amide bonds. The van der Waals surface area contributed by atoms with E-state index < -0.39 is 0 Å². The van der Waals surface area contributed by atoms with Crippen LogP contribution in [0.25, 0.3) is 11.3 Å². The molecule has 0 aliphatic rings. The third-order valence-electron chi connectivity index (χ3n) is 2.55. The molecule has 0 saturated carbocycles. The maximum absolute atomic E-state index is 5.50. The molecule has 2 rings (SSSR count). The molecule has 0 spiro atoms. The number of ether oxygens (including phenoxy) is 1. The zero-order valence-corrected chi connectivity index (χ0v) is 10.6. The van der Waals surface area contributed by atoms with Crippen LogP contribution in [0.5, 0.6) is 5.88 Å². The summed E-state index contributed by atoms with van der Waals surface area (Å²) >= 11 is 0. The van der Waals surface area contributed by atoms with Crippen molar-refractivity contribution in [2.75, 3.05) is 13.2 Å². The number of nitrogens with two attached hydrogens (primary N) is 1. The fourth-order valence-corrected chi connectivity index (χ4v) is 1.76. The Kier molecular flexibility index (Phi) is 3.94. The Balaban J connectivity index is 2.39. The number of aromatic nitrogens is 2. The maximum atomic E-state index is 5.50. The van der Waals surface area contributed by atoms with E-state index in [0.29, 0.717) is 24.8 Å². The maximum Gasteiger partial charge on any atom is 0.258 e. The van der Waals surface area contributed by atoms with Crippen LogP contribution in [0.3, 0.4) is 0 Å². The summed E-state index contributed by atoms with van der Waals surface area (Å²) in [5.74, 6) is 1.48. The molecule has 0 aliphatic heterocycles. The zero-order chi connectivity index (χ0) is 13.0. The summed E-state index contributed by atoms with van der Waals surface area (Å²) in [6, 6.07) is 3.80. The predicted molar refractivity (Wildman–Crippen MR) is 68.4 cm³/mol. The monoisotopic (exact) mass is 247 g/mol. The van der Waals surface area contributed by atoms with Crippen molar-refractivity contribution >= 4 is 0 Å². The molecule has 0 radical (unpaired) electrons. The molecular formula is C13H17N3O2. The highest BCUT2D eigenvalue weighted by Gasteiger charge is 2.21. The molecule has 2 aromatic heterocycles. The van der Waals surface area contributed by atoms with Crippen molar-refractivity contribution in [3.05, 3.63) is 30.1 Å². The van der Waals surface area contributed by atoms with Crippen LogP contribution in [0.2, 0.25) is 0 Å². The van der Waals surface area contributed by atoms with Gasteiger partial charge in [-0.05, 0) is 23.2 Å². The molecule has 0 bridgehead atoms. The average Bonchev–Trinajstić information content (AvgIpc) is 2.81. The van der Waals surface area contributed by atoms with Crippen LogP contribution in [-0.2, 0) is 0 Å².